The molecule has 0 aliphatic heterocycles. The van der Waals surface area contributed by atoms with Crippen LogP contribution in [-0.4, -0.2) is 15.5 Å². The molecule has 2 aromatic carbocycles. The van der Waals surface area contributed by atoms with E-state index >= 15 is 0 Å². The third-order valence-corrected chi connectivity index (χ3v) is 5.51. The van der Waals surface area contributed by atoms with Crippen molar-refractivity contribution in [2.75, 3.05) is 0 Å². The lowest BCUT2D eigenvalue weighted by Gasteiger charge is -2.19. The van der Waals surface area contributed by atoms with Crippen molar-refractivity contribution in [3.05, 3.63) is 98.3 Å². The standard InChI is InChI=1S/C26H26N2O3/c1-17-21(16-27)24(30)28(15-14-18-8-6-5-7-9-18)25(31)22(17)23(29)19-10-12-20(13-11-19)26(2,3)4/h5-13,31H,14-15H2,1-4H3. The Labute approximate surface area is 182 Å². The van der Waals surface area contributed by atoms with Gasteiger partial charge in [-0.15, -0.1) is 0 Å². The first-order valence-electron chi connectivity index (χ1n) is 10.2. The summed E-state index contributed by atoms with van der Waals surface area (Å²) in [7, 11) is 0. The minimum atomic E-state index is -0.590. The molecule has 0 amide bonds. The van der Waals surface area contributed by atoms with Crippen molar-refractivity contribution in [1.29, 1.82) is 5.26 Å². The van der Waals surface area contributed by atoms with Crippen molar-refractivity contribution in [3.63, 3.8) is 0 Å². The van der Waals surface area contributed by atoms with Crippen LogP contribution in [0.1, 0.15) is 58.9 Å². The lowest BCUT2D eigenvalue weighted by molar-refractivity contribution is 0.103. The van der Waals surface area contributed by atoms with Crippen LogP contribution < -0.4 is 5.56 Å². The van der Waals surface area contributed by atoms with Crippen LogP contribution >= 0.6 is 0 Å². The number of benzene rings is 2. The SMILES string of the molecule is Cc1c(C(=O)c2ccc(C(C)(C)C)cc2)c(O)n(CCc2ccccc2)c(=O)c1C#N. The van der Waals surface area contributed by atoms with E-state index < -0.39 is 17.2 Å². The van der Waals surface area contributed by atoms with Crippen LogP contribution in [0.25, 0.3) is 0 Å². The lowest BCUT2D eigenvalue weighted by atomic mass is 9.86. The third kappa shape index (κ3) is 4.44. The maximum absolute atomic E-state index is 13.3. The normalized spacial score (nSPS) is 11.2. The van der Waals surface area contributed by atoms with Gasteiger partial charge in [-0.2, -0.15) is 5.26 Å². The summed E-state index contributed by atoms with van der Waals surface area (Å²) in [5.41, 5.74) is 1.88. The van der Waals surface area contributed by atoms with Gasteiger partial charge >= 0.3 is 0 Å². The lowest BCUT2D eigenvalue weighted by Crippen LogP contribution is -2.27. The first-order valence-corrected chi connectivity index (χ1v) is 10.2. The van der Waals surface area contributed by atoms with Gasteiger partial charge in [0.2, 0.25) is 5.88 Å². The van der Waals surface area contributed by atoms with E-state index in [-0.39, 0.29) is 28.7 Å². The number of pyridine rings is 1. The number of hydrogen-bond acceptors (Lipinski definition) is 4. The molecule has 0 radical (unpaired) electrons. The predicted octanol–water partition coefficient (Wildman–Crippen LogP) is 4.51. The smallest absolute Gasteiger partial charge is 0.271 e. The third-order valence-electron chi connectivity index (χ3n) is 5.51. The van der Waals surface area contributed by atoms with Crippen molar-refractivity contribution >= 4 is 5.78 Å². The molecule has 0 saturated carbocycles. The highest BCUT2D eigenvalue weighted by Crippen LogP contribution is 2.27. The largest absolute Gasteiger partial charge is 0.494 e. The first kappa shape index (κ1) is 22.0. The van der Waals surface area contributed by atoms with E-state index in [9.17, 15) is 20.0 Å². The van der Waals surface area contributed by atoms with Gasteiger partial charge in [-0.05, 0) is 35.4 Å². The molecule has 0 aliphatic carbocycles. The van der Waals surface area contributed by atoms with E-state index in [4.69, 9.17) is 0 Å². The second-order valence-corrected chi connectivity index (χ2v) is 8.66. The molecule has 0 saturated heterocycles. The van der Waals surface area contributed by atoms with Crippen LogP contribution in [0.15, 0.2) is 59.4 Å². The molecule has 1 heterocycles. The number of nitriles is 1. The maximum Gasteiger partial charge on any atom is 0.271 e. The van der Waals surface area contributed by atoms with Gasteiger partial charge in [-0.3, -0.25) is 14.2 Å². The van der Waals surface area contributed by atoms with Crippen molar-refractivity contribution in [3.8, 4) is 11.9 Å². The summed E-state index contributed by atoms with van der Waals surface area (Å²) < 4.78 is 1.12. The van der Waals surface area contributed by atoms with E-state index in [1.807, 2.05) is 48.5 Å². The van der Waals surface area contributed by atoms with E-state index in [0.717, 1.165) is 15.7 Å². The summed E-state index contributed by atoms with van der Waals surface area (Å²) in [6, 6.07) is 18.6. The maximum atomic E-state index is 13.3. The molecule has 0 fully saturated rings. The zero-order chi connectivity index (χ0) is 22.8. The van der Waals surface area contributed by atoms with Gasteiger partial charge < -0.3 is 5.11 Å². The van der Waals surface area contributed by atoms with E-state index in [0.29, 0.717) is 12.0 Å². The fraction of sp³-hybridized carbons (Fsp3) is 0.269. The van der Waals surface area contributed by atoms with Gasteiger partial charge in [0.15, 0.2) is 5.78 Å². The number of carbonyl (C=O) groups is 1. The number of hydrogen-bond donors (Lipinski definition) is 1. The summed E-state index contributed by atoms with van der Waals surface area (Å²) in [6.45, 7) is 7.94. The predicted molar refractivity (Wildman–Crippen MR) is 121 cm³/mol. The molecule has 3 rings (SSSR count). The fourth-order valence-corrected chi connectivity index (χ4v) is 3.58. The molecule has 0 atom stereocenters. The number of ketones is 1. The molecule has 0 aliphatic rings. The Balaban J connectivity index is 2.06. The molecule has 158 valence electrons. The average molecular weight is 415 g/mol. The highest BCUT2D eigenvalue weighted by Gasteiger charge is 2.25. The zero-order valence-corrected chi connectivity index (χ0v) is 18.3. The Morgan fingerprint density at radius 1 is 1.06 bits per heavy atom. The molecule has 5 heteroatoms. The van der Waals surface area contributed by atoms with Gasteiger partial charge in [0, 0.05) is 12.1 Å². The van der Waals surface area contributed by atoms with Gasteiger partial charge in [0.25, 0.3) is 5.56 Å². The van der Waals surface area contributed by atoms with E-state index in [1.165, 1.54) is 6.92 Å². The minimum Gasteiger partial charge on any atom is -0.494 e. The molecular weight excluding hydrogens is 388 g/mol. The molecule has 5 nitrogen and oxygen atoms in total. The van der Waals surface area contributed by atoms with Crippen LogP contribution in [0, 0.1) is 18.3 Å². The Hall–Kier alpha value is -3.65. The Bertz CT molecular complexity index is 1210. The van der Waals surface area contributed by atoms with Crippen molar-refractivity contribution < 1.29 is 9.90 Å². The summed E-state index contributed by atoms with van der Waals surface area (Å²) >= 11 is 0. The number of carbonyl (C=O) groups excluding carboxylic acids is 1. The Morgan fingerprint density at radius 3 is 2.23 bits per heavy atom. The van der Waals surface area contributed by atoms with E-state index in [2.05, 4.69) is 20.8 Å². The van der Waals surface area contributed by atoms with Gasteiger partial charge in [-0.25, -0.2) is 0 Å². The molecule has 0 bridgehead atoms. The van der Waals surface area contributed by atoms with Crippen LogP contribution in [0.2, 0.25) is 0 Å². The van der Waals surface area contributed by atoms with Crippen LogP contribution in [0.4, 0.5) is 0 Å². The highest BCUT2D eigenvalue weighted by atomic mass is 16.3. The van der Waals surface area contributed by atoms with Crippen molar-refractivity contribution in [2.24, 2.45) is 0 Å². The van der Waals surface area contributed by atoms with Gasteiger partial charge in [-0.1, -0.05) is 75.4 Å². The average Bonchev–Trinajstić information content (AvgIpc) is 2.74. The van der Waals surface area contributed by atoms with Crippen molar-refractivity contribution in [2.45, 2.75) is 46.1 Å². The number of aromatic hydroxyl groups is 1. The van der Waals surface area contributed by atoms with Crippen LogP contribution in [0.5, 0.6) is 5.88 Å². The second-order valence-electron chi connectivity index (χ2n) is 8.66. The summed E-state index contributed by atoms with van der Waals surface area (Å²) in [4.78, 5) is 26.1. The van der Waals surface area contributed by atoms with E-state index in [1.54, 1.807) is 12.1 Å². The number of nitrogens with zero attached hydrogens (tertiary/aromatic N) is 2. The summed E-state index contributed by atoms with van der Waals surface area (Å²) in [5.74, 6) is -0.817. The number of aryl methyl sites for hydroxylation is 1. The quantitative estimate of drug-likeness (QED) is 0.623. The fourth-order valence-electron chi connectivity index (χ4n) is 3.58. The molecule has 1 aromatic heterocycles. The Morgan fingerprint density at radius 2 is 1.68 bits per heavy atom. The van der Waals surface area contributed by atoms with Gasteiger partial charge in [0.1, 0.15) is 11.6 Å². The summed E-state index contributed by atoms with van der Waals surface area (Å²) in [6.07, 6.45) is 0.482. The molecule has 0 unspecified atom stereocenters. The van der Waals surface area contributed by atoms with Gasteiger partial charge in [0.05, 0.1) is 5.56 Å². The molecular formula is C26H26N2O3. The zero-order valence-electron chi connectivity index (χ0n) is 18.3. The molecule has 0 spiro atoms. The van der Waals surface area contributed by atoms with Crippen LogP contribution in [-0.2, 0) is 18.4 Å². The van der Waals surface area contributed by atoms with Crippen molar-refractivity contribution in [1.82, 2.24) is 4.57 Å². The molecule has 31 heavy (non-hydrogen) atoms. The molecule has 1 N–H and O–H groups in total. The summed E-state index contributed by atoms with van der Waals surface area (Å²) in [5, 5.41) is 20.4. The monoisotopic (exact) mass is 414 g/mol. The molecule has 3 aromatic rings. The van der Waals surface area contributed by atoms with Crippen LogP contribution in [0.3, 0.4) is 0 Å². The topological polar surface area (TPSA) is 83.1 Å². The second kappa shape index (κ2) is 8.61. The first-order chi connectivity index (χ1) is 14.6. The minimum absolute atomic E-state index is 0.00674. The highest BCUT2D eigenvalue weighted by molar-refractivity contribution is 6.11. The number of aromatic nitrogens is 1. The number of rotatable bonds is 5. The Kier molecular flexibility index (Phi) is 6.12.